The molecule has 8 bridgehead atoms. The summed E-state index contributed by atoms with van der Waals surface area (Å²) in [6.45, 7) is 0. The number of nitrogens with one attached hydrogen (secondary N) is 2. The zero-order valence-electron chi connectivity index (χ0n) is 26.0. The molecule has 0 aliphatic carbocycles. The van der Waals surface area contributed by atoms with E-state index in [9.17, 15) is 0 Å². The van der Waals surface area contributed by atoms with Crippen LogP contribution < -0.4 is 0 Å². The number of aromatic amines is 2. The molecule has 0 saturated heterocycles. The molecule has 4 aromatic carbocycles. The maximum Gasteiger partial charge on any atom is 2.00 e. The summed E-state index contributed by atoms with van der Waals surface area (Å²) in [5.74, 6) is 1.31. The van der Waals surface area contributed by atoms with Crippen molar-refractivity contribution in [3.63, 3.8) is 0 Å². The third-order valence-corrected chi connectivity index (χ3v) is 26.2. The standard InChI is InChI=1S/C32H2Br14Cl2N8.Cu/c33-9-1-2(10(34)17(41)16(9)40)26-49-25(1)50-27-3-4(12(36)19(43)18(42)11(3)35)29(52-27)54-31-7-8(23(47)24(48)22(46)15(7)39)32(56-31)55-30-6-5(28(51-26)53-30)13(37)20(44)21(45)14(6)38;/h(H2,49,50,51,52,53,54,55,56);/q;+2. The molecule has 0 spiro atoms. The van der Waals surface area contributed by atoms with Crippen molar-refractivity contribution in [1.29, 1.82) is 0 Å². The molecule has 57 heavy (non-hydrogen) atoms. The predicted octanol–water partition coefficient (Wildman–Crippen LogP) is 18.8. The van der Waals surface area contributed by atoms with Gasteiger partial charge in [0, 0.05) is 96.4 Å². The third kappa shape index (κ3) is 6.95. The Morgan fingerprint density at radius 2 is 0.526 bits per heavy atom. The zero-order valence-corrected chi connectivity index (χ0v) is 50.7. The van der Waals surface area contributed by atoms with Gasteiger partial charge >= 0.3 is 17.1 Å². The van der Waals surface area contributed by atoms with Gasteiger partial charge in [-0.15, -0.1) is 0 Å². The van der Waals surface area contributed by atoms with Crippen molar-refractivity contribution in [2.24, 2.45) is 0 Å². The number of aromatic nitrogens is 8. The van der Waals surface area contributed by atoms with Gasteiger partial charge in [0.05, 0.1) is 20.1 Å². The molecular formula is C32H2Br14Cl2CuN8+2. The molecule has 0 amide bonds. The molecule has 25 heteroatoms. The van der Waals surface area contributed by atoms with Crippen molar-refractivity contribution in [2.75, 3.05) is 0 Å². The fourth-order valence-corrected chi connectivity index (χ4v) is 15.4. The number of hydrogen-bond donors (Lipinski definition) is 2. The van der Waals surface area contributed by atoms with E-state index in [4.69, 9.17) is 53.1 Å². The van der Waals surface area contributed by atoms with Crippen LogP contribution in [-0.2, 0) is 17.1 Å². The second kappa shape index (κ2) is 16.8. The molecule has 5 heterocycles. The Balaban J connectivity index is 0.00000455. The number of hydrogen-bond acceptors (Lipinski definition) is 6. The molecule has 9 rings (SSSR count). The number of rotatable bonds is 0. The van der Waals surface area contributed by atoms with Crippen LogP contribution in [0.1, 0.15) is 0 Å². The van der Waals surface area contributed by atoms with Crippen molar-refractivity contribution < 1.29 is 17.1 Å². The minimum Gasteiger partial charge on any atom is -0.324 e. The molecule has 8 nitrogen and oxygen atoms in total. The average molecular weight is 1750 g/mol. The monoisotopic (exact) mass is 1740 g/mol. The summed E-state index contributed by atoms with van der Waals surface area (Å²) in [7, 11) is 0. The molecule has 1 radical (unpaired) electrons. The topological polar surface area (TPSA) is 109 Å². The second-order valence-corrected chi connectivity index (χ2v) is 23.5. The summed E-state index contributed by atoms with van der Waals surface area (Å²) in [6, 6.07) is 0. The van der Waals surface area contributed by atoms with Crippen LogP contribution in [0, 0.1) is 0 Å². The van der Waals surface area contributed by atoms with Gasteiger partial charge in [0.15, 0.2) is 23.3 Å². The predicted molar refractivity (Wildman–Crippen MR) is 274 cm³/mol. The molecule has 3 aromatic heterocycles. The van der Waals surface area contributed by atoms with E-state index in [-0.39, 0.29) is 32.9 Å². The molecule has 291 valence electrons. The number of nitrogens with zero attached hydrogens (tertiary/aromatic N) is 6. The van der Waals surface area contributed by atoms with Gasteiger partial charge in [-0.25, -0.2) is 29.9 Å². The van der Waals surface area contributed by atoms with Crippen LogP contribution >= 0.6 is 246 Å². The molecule has 7 aromatic rings. The van der Waals surface area contributed by atoms with Crippen molar-refractivity contribution in [3.05, 3.63) is 72.7 Å². The van der Waals surface area contributed by atoms with Crippen LogP contribution in [0.2, 0.25) is 10.0 Å². The van der Waals surface area contributed by atoms with Crippen molar-refractivity contribution in [3.8, 4) is 45.6 Å². The first-order chi connectivity index (χ1) is 26.4. The zero-order chi connectivity index (χ0) is 40.1. The molecule has 0 saturated carbocycles. The Morgan fingerprint density at radius 3 is 0.842 bits per heavy atom. The van der Waals surface area contributed by atoms with Crippen LogP contribution in [0.15, 0.2) is 62.6 Å². The molecule has 0 fully saturated rings. The van der Waals surface area contributed by atoms with Crippen LogP contribution in [0.25, 0.3) is 89.7 Å². The van der Waals surface area contributed by atoms with E-state index in [1.54, 1.807) is 0 Å². The fourth-order valence-electron chi connectivity index (χ4n) is 6.24. The largest absolute Gasteiger partial charge is 2.00 e. The maximum absolute atomic E-state index is 7.06. The fraction of sp³-hybridized carbons (Fsp3) is 0. The van der Waals surface area contributed by atoms with Gasteiger partial charge in [0.2, 0.25) is 0 Å². The third-order valence-electron chi connectivity index (χ3n) is 8.68. The first-order valence-corrected chi connectivity index (χ1v) is 26.6. The minimum atomic E-state index is 0. The number of H-pyrrole nitrogens is 2. The van der Waals surface area contributed by atoms with Crippen molar-refractivity contribution >= 4 is 290 Å². The smallest absolute Gasteiger partial charge is 0.324 e. The van der Waals surface area contributed by atoms with E-state index in [0.29, 0.717) is 120 Å². The van der Waals surface area contributed by atoms with Crippen molar-refractivity contribution in [1.82, 2.24) is 39.9 Å². The minimum absolute atomic E-state index is 0. The van der Waals surface area contributed by atoms with E-state index < -0.39 is 0 Å². The van der Waals surface area contributed by atoms with Gasteiger partial charge in [0.25, 0.3) is 0 Å². The Hall–Kier alpha value is 2.06. The number of benzene rings is 4. The Bertz CT molecular complexity index is 2830. The molecule has 2 aliphatic heterocycles. The van der Waals surface area contributed by atoms with E-state index in [1.807, 2.05) is 0 Å². The SMILES string of the molecule is Clc1c(Cl)c2c(c(Br)c1Br)-c1nc-2nc2[nH]c(nc3nc(nc4[nH]c(n1)c1c(Br)c(Br)c(Br)c(Br)c41)-c1c(Br)c(Br)c(Br)c(Br)c1-3)c1c(Br)c(Br)c(Br)c(Br)c21.[Cu+2]. The van der Waals surface area contributed by atoms with Gasteiger partial charge in [-0.2, -0.15) is 0 Å². The first kappa shape index (κ1) is 45.6. The summed E-state index contributed by atoms with van der Waals surface area (Å²) < 4.78 is 9.91. The van der Waals surface area contributed by atoms with Gasteiger partial charge in [0.1, 0.15) is 22.6 Å². The number of halogens is 16. The van der Waals surface area contributed by atoms with Gasteiger partial charge in [-0.3, -0.25) is 0 Å². The summed E-state index contributed by atoms with van der Waals surface area (Å²) >= 11 is 66.5. The van der Waals surface area contributed by atoms with E-state index in [2.05, 4.69) is 233 Å². The second-order valence-electron chi connectivity index (χ2n) is 11.6. The van der Waals surface area contributed by atoms with E-state index in [0.717, 1.165) is 26.8 Å². The maximum atomic E-state index is 7.06. The molecule has 2 N–H and O–H groups in total. The Morgan fingerprint density at radius 1 is 0.281 bits per heavy atom. The summed E-state index contributed by atoms with van der Waals surface area (Å²) in [5, 5.41) is 3.32. The van der Waals surface area contributed by atoms with Crippen LogP contribution in [-0.4, -0.2) is 39.9 Å². The quantitative estimate of drug-likeness (QED) is 0.0889. The summed E-state index contributed by atoms with van der Waals surface area (Å²) in [5.41, 5.74) is 4.19. The van der Waals surface area contributed by atoms with Crippen LogP contribution in [0.5, 0.6) is 0 Å². The normalized spacial score (nSPS) is 12.1. The molecule has 0 atom stereocenters. The molecular weight excluding hydrogens is 1750 g/mol. The number of fused-ring (bicyclic) bond motifs is 20. The molecule has 2 aliphatic rings. The van der Waals surface area contributed by atoms with Crippen LogP contribution in [0.3, 0.4) is 0 Å². The first-order valence-electron chi connectivity index (χ1n) is 14.7. The van der Waals surface area contributed by atoms with Gasteiger partial charge in [-0.1, -0.05) is 23.2 Å². The summed E-state index contributed by atoms with van der Waals surface area (Å²) in [6.07, 6.45) is 0. The van der Waals surface area contributed by atoms with Crippen molar-refractivity contribution in [2.45, 2.75) is 0 Å². The average Bonchev–Trinajstić information content (AvgIpc) is 3.92. The van der Waals surface area contributed by atoms with E-state index in [1.165, 1.54) is 0 Å². The Kier molecular flexibility index (Phi) is 13.4. The van der Waals surface area contributed by atoms with Crippen LogP contribution in [0.4, 0.5) is 0 Å². The summed E-state index contributed by atoms with van der Waals surface area (Å²) in [4.78, 5) is 37.8. The van der Waals surface area contributed by atoms with Gasteiger partial charge < -0.3 is 9.97 Å². The Labute approximate surface area is 457 Å². The van der Waals surface area contributed by atoms with E-state index >= 15 is 0 Å². The molecule has 0 unspecified atom stereocenters. The van der Waals surface area contributed by atoms with Gasteiger partial charge in [-0.05, 0) is 223 Å².